The van der Waals surface area contributed by atoms with Crippen LogP contribution in [-0.2, 0) is 10.2 Å². The van der Waals surface area contributed by atoms with E-state index in [9.17, 15) is 19.4 Å². The first kappa shape index (κ1) is 11.1. The third kappa shape index (κ3) is 1.59. The lowest BCUT2D eigenvalue weighted by Crippen LogP contribution is -2.57. The summed E-state index contributed by atoms with van der Waals surface area (Å²) in [6, 6.07) is 5.58. The summed E-state index contributed by atoms with van der Waals surface area (Å²) in [4.78, 5) is 11.3. The first-order valence-electron chi connectivity index (χ1n) is 5.08. The average molecular weight is 224 g/mol. The second-order valence-electron chi connectivity index (χ2n) is 4.75. The zero-order valence-corrected chi connectivity index (χ0v) is 8.90. The van der Waals surface area contributed by atoms with Gasteiger partial charge in [-0.2, -0.15) is 0 Å². The fourth-order valence-corrected chi connectivity index (χ4v) is 2.51. The zero-order chi connectivity index (χ0) is 12.0. The van der Waals surface area contributed by atoms with E-state index in [-0.39, 0.29) is 12.8 Å². The predicted molar refractivity (Wildman–Crippen MR) is 55.6 cm³/mol. The highest BCUT2D eigenvalue weighted by Crippen LogP contribution is 2.50. The van der Waals surface area contributed by atoms with E-state index >= 15 is 0 Å². The Bertz CT molecular complexity index is 432. The standard InChI is InChI=1S/C12H13FO3/c1-11(16)6-12(7-11,10(14)15)8-3-2-4-9(13)5-8/h2-5,16H,6-7H2,1H3,(H,14,15). The summed E-state index contributed by atoms with van der Waals surface area (Å²) >= 11 is 0. The molecule has 16 heavy (non-hydrogen) atoms. The molecule has 4 heteroatoms. The van der Waals surface area contributed by atoms with Gasteiger partial charge in [0, 0.05) is 0 Å². The minimum Gasteiger partial charge on any atom is -0.481 e. The van der Waals surface area contributed by atoms with E-state index in [1.54, 1.807) is 13.0 Å². The van der Waals surface area contributed by atoms with Crippen molar-refractivity contribution in [2.24, 2.45) is 0 Å². The highest BCUT2D eigenvalue weighted by atomic mass is 19.1. The molecule has 0 spiro atoms. The van der Waals surface area contributed by atoms with Crippen LogP contribution in [0, 0.1) is 5.82 Å². The van der Waals surface area contributed by atoms with Gasteiger partial charge in [-0.05, 0) is 37.5 Å². The number of hydrogen-bond donors (Lipinski definition) is 2. The molecule has 1 saturated carbocycles. The largest absolute Gasteiger partial charge is 0.481 e. The Balaban J connectivity index is 2.40. The smallest absolute Gasteiger partial charge is 0.314 e. The van der Waals surface area contributed by atoms with Crippen molar-refractivity contribution in [2.75, 3.05) is 0 Å². The minimum atomic E-state index is -1.13. The van der Waals surface area contributed by atoms with E-state index < -0.39 is 22.8 Å². The van der Waals surface area contributed by atoms with Crippen molar-refractivity contribution in [3.05, 3.63) is 35.6 Å². The Morgan fingerprint density at radius 3 is 2.50 bits per heavy atom. The van der Waals surface area contributed by atoms with Crippen LogP contribution >= 0.6 is 0 Å². The van der Waals surface area contributed by atoms with Gasteiger partial charge in [0.1, 0.15) is 5.82 Å². The van der Waals surface area contributed by atoms with Crippen LogP contribution in [0.5, 0.6) is 0 Å². The van der Waals surface area contributed by atoms with Crippen molar-refractivity contribution in [1.29, 1.82) is 0 Å². The second kappa shape index (κ2) is 3.28. The van der Waals surface area contributed by atoms with Crippen LogP contribution in [0.4, 0.5) is 4.39 Å². The number of rotatable bonds is 2. The van der Waals surface area contributed by atoms with E-state index in [0.29, 0.717) is 5.56 Å². The van der Waals surface area contributed by atoms with Crippen LogP contribution < -0.4 is 0 Å². The number of carboxylic acid groups (broad SMARTS) is 1. The van der Waals surface area contributed by atoms with Gasteiger partial charge in [-0.15, -0.1) is 0 Å². The number of halogens is 1. The molecule has 0 unspecified atom stereocenters. The fourth-order valence-electron chi connectivity index (χ4n) is 2.51. The van der Waals surface area contributed by atoms with E-state index in [0.717, 1.165) is 0 Å². The van der Waals surface area contributed by atoms with Gasteiger partial charge < -0.3 is 10.2 Å². The molecule has 0 bridgehead atoms. The van der Waals surface area contributed by atoms with Gasteiger partial charge in [0.05, 0.1) is 11.0 Å². The Morgan fingerprint density at radius 2 is 2.06 bits per heavy atom. The lowest BCUT2D eigenvalue weighted by atomic mass is 9.57. The summed E-state index contributed by atoms with van der Waals surface area (Å²) < 4.78 is 13.1. The van der Waals surface area contributed by atoms with E-state index in [2.05, 4.69) is 0 Å². The Morgan fingerprint density at radius 1 is 1.44 bits per heavy atom. The van der Waals surface area contributed by atoms with E-state index in [1.807, 2.05) is 0 Å². The Kier molecular flexibility index (Phi) is 2.27. The van der Waals surface area contributed by atoms with Crippen molar-refractivity contribution >= 4 is 5.97 Å². The van der Waals surface area contributed by atoms with Crippen LogP contribution in [0.3, 0.4) is 0 Å². The van der Waals surface area contributed by atoms with Crippen molar-refractivity contribution in [3.63, 3.8) is 0 Å². The SMILES string of the molecule is CC1(O)CC(C(=O)O)(c2cccc(F)c2)C1. The van der Waals surface area contributed by atoms with E-state index in [4.69, 9.17) is 0 Å². The molecule has 0 amide bonds. The third-order valence-corrected chi connectivity index (χ3v) is 3.15. The molecule has 1 fully saturated rings. The lowest BCUT2D eigenvalue weighted by Gasteiger charge is -2.49. The number of benzene rings is 1. The molecule has 0 heterocycles. The first-order valence-corrected chi connectivity index (χ1v) is 5.08. The molecule has 1 aromatic carbocycles. The molecule has 1 aromatic rings. The van der Waals surface area contributed by atoms with Gasteiger partial charge in [0.25, 0.3) is 0 Å². The van der Waals surface area contributed by atoms with Crippen molar-refractivity contribution < 1.29 is 19.4 Å². The fraction of sp³-hybridized carbons (Fsp3) is 0.417. The van der Waals surface area contributed by atoms with Gasteiger partial charge in [-0.3, -0.25) is 4.79 Å². The molecule has 1 aliphatic rings. The summed E-state index contributed by atoms with van der Waals surface area (Å²) in [5.41, 5.74) is -1.68. The van der Waals surface area contributed by atoms with E-state index in [1.165, 1.54) is 18.2 Å². The Hall–Kier alpha value is -1.42. The van der Waals surface area contributed by atoms with Gasteiger partial charge in [0.15, 0.2) is 0 Å². The highest BCUT2D eigenvalue weighted by Gasteiger charge is 2.57. The topological polar surface area (TPSA) is 57.5 Å². The molecule has 0 aromatic heterocycles. The molecule has 0 radical (unpaired) electrons. The minimum absolute atomic E-state index is 0.124. The van der Waals surface area contributed by atoms with Gasteiger partial charge in [-0.25, -0.2) is 4.39 Å². The molecule has 2 N–H and O–H groups in total. The van der Waals surface area contributed by atoms with Crippen LogP contribution in [0.25, 0.3) is 0 Å². The summed E-state index contributed by atoms with van der Waals surface area (Å²) in [7, 11) is 0. The quantitative estimate of drug-likeness (QED) is 0.803. The Labute approximate surface area is 92.5 Å². The summed E-state index contributed by atoms with van der Waals surface area (Å²) in [5.74, 6) is -1.46. The number of hydrogen-bond acceptors (Lipinski definition) is 2. The highest BCUT2D eigenvalue weighted by molar-refractivity contribution is 5.83. The molecule has 0 aliphatic heterocycles. The number of aliphatic carboxylic acids is 1. The van der Waals surface area contributed by atoms with Crippen LogP contribution in [-0.4, -0.2) is 21.8 Å². The number of aliphatic hydroxyl groups is 1. The van der Waals surface area contributed by atoms with Crippen LogP contribution in [0.2, 0.25) is 0 Å². The molecule has 0 saturated heterocycles. The van der Waals surface area contributed by atoms with Gasteiger partial charge in [-0.1, -0.05) is 12.1 Å². The summed E-state index contributed by atoms with van der Waals surface area (Å²) in [5, 5.41) is 18.9. The third-order valence-electron chi connectivity index (χ3n) is 3.15. The van der Waals surface area contributed by atoms with Crippen molar-refractivity contribution in [1.82, 2.24) is 0 Å². The summed E-state index contributed by atoms with van der Waals surface area (Å²) in [6.07, 6.45) is 0.248. The zero-order valence-electron chi connectivity index (χ0n) is 8.90. The van der Waals surface area contributed by atoms with Crippen LogP contribution in [0.15, 0.2) is 24.3 Å². The maximum absolute atomic E-state index is 13.1. The predicted octanol–water partition coefficient (Wildman–Crippen LogP) is 1.69. The molecule has 1 aliphatic carbocycles. The average Bonchev–Trinajstić information content (AvgIpc) is 2.13. The van der Waals surface area contributed by atoms with Gasteiger partial charge >= 0.3 is 5.97 Å². The normalized spacial score (nSPS) is 33.2. The second-order valence-corrected chi connectivity index (χ2v) is 4.75. The number of carboxylic acids is 1. The van der Waals surface area contributed by atoms with Crippen molar-refractivity contribution in [3.8, 4) is 0 Å². The van der Waals surface area contributed by atoms with Crippen LogP contribution in [0.1, 0.15) is 25.3 Å². The lowest BCUT2D eigenvalue weighted by molar-refractivity contribution is -0.162. The monoisotopic (exact) mass is 224 g/mol. The maximum Gasteiger partial charge on any atom is 0.314 e. The molecule has 3 nitrogen and oxygen atoms in total. The number of carbonyl (C=O) groups is 1. The molecular weight excluding hydrogens is 211 g/mol. The molecular formula is C12H13FO3. The van der Waals surface area contributed by atoms with Gasteiger partial charge in [0.2, 0.25) is 0 Å². The summed E-state index contributed by atoms with van der Waals surface area (Å²) in [6.45, 7) is 1.59. The van der Waals surface area contributed by atoms with Crippen molar-refractivity contribution in [2.45, 2.75) is 30.8 Å². The first-order chi connectivity index (χ1) is 7.36. The molecule has 0 atom stereocenters. The molecule has 86 valence electrons. The maximum atomic E-state index is 13.1. The molecule has 2 rings (SSSR count).